The highest BCUT2D eigenvalue weighted by atomic mass is 19.1. The van der Waals surface area contributed by atoms with E-state index in [2.05, 4.69) is 5.32 Å². The van der Waals surface area contributed by atoms with E-state index in [0.717, 1.165) is 17.7 Å². The summed E-state index contributed by atoms with van der Waals surface area (Å²) >= 11 is 0. The van der Waals surface area contributed by atoms with Crippen molar-refractivity contribution in [1.82, 2.24) is 5.32 Å². The molecule has 0 saturated heterocycles. The van der Waals surface area contributed by atoms with Crippen molar-refractivity contribution in [3.05, 3.63) is 65.5 Å². The van der Waals surface area contributed by atoms with Gasteiger partial charge in [-0.1, -0.05) is 36.4 Å². The second-order valence-electron chi connectivity index (χ2n) is 5.50. The lowest BCUT2D eigenvalue weighted by Gasteiger charge is -2.18. The molecule has 0 aromatic heterocycles. The van der Waals surface area contributed by atoms with Gasteiger partial charge in [-0.2, -0.15) is 0 Å². The predicted octanol–water partition coefficient (Wildman–Crippen LogP) is 2.24. The highest BCUT2D eigenvalue weighted by molar-refractivity contribution is 5.67. The first-order valence-corrected chi connectivity index (χ1v) is 7.76. The van der Waals surface area contributed by atoms with Gasteiger partial charge in [0, 0.05) is 6.54 Å². The maximum Gasteiger partial charge on any atom is 0.407 e. The van der Waals surface area contributed by atoms with Crippen molar-refractivity contribution in [2.45, 2.75) is 25.2 Å². The van der Waals surface area contributed by atoms with Crippen molar-refractivity contribution in [2.75, 3.05) is 6.54 Å². The third-order valence-electron chi connectivity index (χ3n) is 3.60. The zero-order valence-electron chi connectivity index (χ0n) is 13.4. The first-order valence-electron chi connectivity index (χ1n) is 7.76. The van der Waals surface area contributed by atoms with Crippen LogP contribution in [0.5, 0.6) is 5.75 Å². The normalized spacial score (nSPS) is 13.1. The van der Waals surface area contributed by atoms with Gasteiger partial charge in [0.15, 0.2) is 11.6 Å². The Bertz CT molecular complexity index is 695. The van der Waals surface area contributed by atoms with Crippen molar-refractivity contribution in [2.24, 2.45) is 0 Å². The van der Waals surface area contributed by atoms with Crippen LogP contribution in [0.4, 0.5) is 9.18 Å². The molecule has 2 aromatic rings. The molecule has 0 bridgehead atoms. The molecule has 0 spiro atoms. The maximum absolute atomic E-state index is 13.3. The zero-order chi connectivity index (χ0) is 18.2. The number of phenols is 1. The summed E-state index contributed by atoms with van der Waals surface area (Å²) in [5.74, 6) is -1.42. The second-order valence-corrected chi connectivity index (χ2v) is 5.50. The average molecular weight is 349 g/mol. The largest absolute Gasteiger partial charge is 0.505 e. The van der Waals surface area contributed by atoms with Crippen LogP contribution in [0, 0.1) is 5.82 Å². The Kier molecular flexibility index (Phi) is 6.73. The number of carbonyl (C=O) groups excluding carboxylic acids is 1. The lowest BCUT2D eigenvalue weighted by Crippen LogP contribution is -2.29. The van der Waals surface area contributed by atoms with Crippen molar-refractivity contribution >= 4 is 6.09 Å². The van der Waals surface area contributed by atoms with E-state index in [-0.39, 0.29) is 25.1 Å². The number of aromatic hydroxyl groups is 1. The maximum atomic E-state index is 13.3. The summed E-state index contributed by atoms with van der Waals surface area (Å²) in [7, 11) is 0. The van der Waals surface area contributed by atoms with Crippen molar-refractivity contribution < 1.29 is 29.2 Å². The molecule has 7 heteroatoms. The number of phenolic OH excluding ortho intramolecular Hbond substituents is 1. The minimum atomic E-state index is -1.34. The smallest absolute Gasteiger partial charge is 0.407 e. The van der Waals surface area contributed by atoms with Crippen molar-refractivity contribution in [3.8, 4) is 5.75 Å². The van der Waals surface area contributed by atoms with E-state index in [9.17, 15) is 19.4 Å². The van der Waals surface area contributed by atoms with Gasteiger partial charge in [0.25, 0.3) is 0 Å². The Morgan fingerprint density at radius 3 is 2.56 bits per heavy atom. The summed E-state index contributed by atoms with van der Waals surface area (Å²) in [6, 6.07) is 12.5. The number of ether oxygens (including phenoxy) is 1. The van der Waals surface area contributed by atoms with Crippen LogP contribution < -0.4 is 5.32 Å². The third kappa shape index (κ3) is 5.74. The van der Waals surface area contributed by atoms with Gasteiger partial charge in [-0.25, -0.2) is 9.18 Å². The van der Waals surface area contributed by atoms with Crippen LogP contribution in [0.15, 0.2) is 48.5 Å². The fraction of sp³-hybridized carbons (Fsp3) is 0.278. The van der Waals surface area contributed by atoms with Crippen LogP contribution in [-0.2, 0) is 11.3 Å². The molecule has 0 radical (unpaired) electrons. The highest BCUT2D eigenvalue weighted by Gasteiger charge is 2.19. The van der Waals surface area contributed by atoms with Crippen molar-refractivity contribution in [3.63, 3.8) is 0 Å². The molecule has 0 aliphatic rings. The van der Waals surface area contributed by atoms with Gasteiger partial charge in [-0.05, 0) is 29.7 Å². The molecule has 0 saturated carbocycles. The molecule has 2 atom stereocenters. The Labute approximate surface area is 144 Å². The van der Waals surface area contributed by atoms with Gasteiger partial charge < -0.3 is 25.4 Å². The fourth-order valence-corrected chi connectivity index (χ4v) is 2.18. The van der Waals surface area contributed by atoms with Gasteiger partial charge in [-0.3, -0.25) is 0 Å². The molecule has 4 N–H and O–H groups in total. The van der Waals surface area contributed by atoms with E-state index < -0.39 is 29.9 Å². The van der Waals surface area contributed by atoms with Crippen LogP contribution in [0.2, 0.25) is 0 Å². The number of hydrogen-bond donors (Lipinski definition) is 4. The third-order valence-corrected chi connectivity index (χ3v) is 3.60. The van der Waals surface area contributed by atoms with E-state index in [1.54, 1.807) is 0 Å². The molecule has 0 aliphatic carbocycles. The van der Waals surface area contributed by atoms with E-state index >= 15 is 0 Å². The van der Waals surface area contributed by atoms with Gasteiger partial charge >= 0.3 is 6.09 Å². The van der Waals surface area contributed by atoms with E-state index in [4.69, 9.17) is 9.84 Å². The molecule has 134 valence electrons. The number of hydrogen-bond acceptors (Lipinski definition) is 5. The summed E-state index contributed by atoms with van der Waals surface area (Å²) in [5.41, 5.74) is 0.983. The first-order chi connectivity index (χ1) is 12.0. The van der Waals surface area contributed by atoms with E-state index in [1.165, 1.54) is 6.07 Å². The lowest BCUT2D eigenvalue weighted by molar-refractivity contribution is 0.0134. The summed E-state index contributed by atoms with van der Waals surface area (Å²) in [5, 5.41) is 31.5. The number of aliphatic hydroxyl groups is 2. The number of carbonyl (C=O) groups is 1. The van der Waals surface area contributed by atoms with E-state index in [0.29, 0.717) is 0 Å². The van der Waals surface area contributed by atoms with Crippen LogP contribution in [-0.4, -0.2) is 34.1 Å². The lowest BCUT2D eigenvalue weighted by atomic mass is 10.0. The molecule has 2 rings (SSSR count). The Balaban J connectivity index is 1.72. The standard InChI is InChI=1S/C18H20FNO5/c19-14-10-13(6-7-15(14)21)17(23)16(22)8-9-20-18(24)25-11-12-4-2-1-3-5-12/h1-7,10,16-17,21-23H,8-9,11H2,(H,20,24). The number of aliphatic hydroxyl groups excluding tert-OH is 2. The molecule has 2 aromatic carbocycles. The number of benzene rings is 2. The minimum absolute atomic E-state index is 0.0457. The number of rotatable bonds is 7. The molecule has 0 fully saturated rings. The molecule has 0 aliphatic heterocycles. The zero-order valence-corrected chi connectivity index (χ0v) is 13.4. The van der Waals surface area contributed by atoms with Crippen LogP contribution >= 0.6 is 0 Å². The summed E-state index contributed by atoms with van der Waals surface area (Å²) < 4.78 is 18.3. The number of amides is 1. The summed E-state index contributed by atoms with van der Waals surface area (Å²) in [4.78, 5) is 11.6. The number of alkyl carbamates (subject to hydrolysis) is 1. The van der Waals surface area contributed by atoms with Gasteiger partial charge in [0.2, 0.25) is 0 Å². The Morgan fingerprint density at radius 2 is 1.88 bits per heavy atom. The van der Waals surface area contributed by atoms with Gasteiger partial charge in [-0.15, -0.1) is 0 Å². The SMILES string of the molecule is O=C(NCCC(O)C(O)c1ccc(O)c(F)c1)OCc1ccccc1. The molecular formula is C18H20FNO5. The van der Waals surface area contributed by atoms with Crippen molar-refractivity contribution in [1.29, 1.82) is 0 Å². The Morgan fingerprint density at radius 1 is 1.16 bits per heavy atom. The monoisotopic (exact) mass is 349 g/mol. The van der Waals surface area contributed by atoms with Gasteiger partial charge in [0.05, 0.1) is 6.10 Å². The molecule has 25 heavy (non-hydrogen) atoms. The predicted molar refractivity (Wildman–Crippen MR) is 88.3 cm³/mol. The van der Waals surface area contributed by atoms with Crippen LogP contribution in [0.25, 0.3) is 0 Å². The fourth-order valence-electron chi connectivity index (χ4n) is 2.18. The number of nitrogens with one attached hydrogen (secondary N) is 1. The topological polar surface area (TPSA) is 99.0 Å². The van der Waals surface area contributed by atoms with E-state index in [1.807, 2.05) is 30.3 Å². The molecule has 2 unspecified atom stereocenters. The molecule has 0 heterocycles. The van der Waals surface area contributed by atoms with Crippen LogP contribution in [0.3, 0.4) is 0 Å². The van der Waals surface area contributed by atoms with Crippen LogP contribution in [0.1, 0.15) is 23.7 Å². The molecule has 6 nitrogen and oxygen atoms in total. The highest BCUT2D eigenvalue weighted by Crippen LogP contribution is 2.23. The molecular weight excluding hydrogens is 329 g/mol. The number of halogens is 1. The second kappa shape index (κ2) is 9.00. The van der Waals surface area contributed by atoms with Gasteiger partial charge in [0.1, 0.15) is 12.7 Å². The first kappa shape index (κ1) is 18.7. The average Bonchev–Trinajstić information content (AvgIpc) is 2.62. The quantitative estimate of drug-likeness (QED) is 0.614. The summed E-state index contributed by atoms with van der Waals surface area (Å²) in [6.45, 7) is 0.205. The summed E-state index contributed by atoms with van der Waals surface area (Å²) in [6.07, 6.45) is -3.14. The Hall–Kier alpha value is -2.64. The minimum Gasteiger partial charge on any atom is -0.505 e. The molecule has 1 amide bonds.